The maximum Gasteiger partial charge on any atom is 0.242 e. The first-order chi connectivity index (χ1) is 9.16. The summed E-state index contributed by atoms with van der Waals surface area (Å²) in [6, 6.07) is 0. The van der Waals surface area contributed by atoms with Crippen LogP contribution in [0.15, 0.2) is 0 Å². The van der Waals surface area contributed by atoms with Gasteiger partial charge < -0.3 is 14.7 Å². The molecule has 0 atom stereocenters. The van der Waals surface area contributed by atoms with Crippen LogP contribution in [-0.2, 0) is 9.59 Å². The van der Waals surface area contributed by atoms with E-state index in [4.69, 9.17) is 0 Å². The summed E-state index contributed by atoms with van der Waals surface area (Å²) in [5, 5.41) is 0. The summed E-state index contributed by atoms with van der Waals surface area (Å²) in [6.45, 7) is 4.47. The normalized spacial score (nSPS) is 23.1. The maximum atomic E-state index is 12.2. The van der Waals surface area contributed by atoms with E-state index in [1.807, 2.05) is 4.90 Å². The van der Waals surface area contributed by atoms with Gasteiger partial charge in [0.25, 0.3) is 0 Å². The Morgan fingerprint density at radius 3 is 2.42 bits per heavy atom. The fourth-order valence-electron chi connectivity index (χ4n) is 2.70. The van der Waals surface area contributed by atoms with Gasteiger partial charge in [0, 0.05) is 39.1 Å². The van der Waals surface area contributed by atoms with Crippen molar-refractivity contribution < 1.29 is 9.59 Å². The number of hydrogen-bond donors (Lipinski definition) is 0. The van der Waals surface area contributed by atoms with Crippen LogP contribution in [-0.4, -0.2) is 72.8 Å². The number of likely N-dealkylation sites (N-methyl/N-ethyl adjacent to an activating group) is 1. The van der Waals surface area contributed by atoms with Crippen LogP contribution in [0.4, 0.5) is 0 Å². The van der Waals surface area contributed by atoms with Crippen molar-refractivity contribution >= 4 is 11.8 Å². The Morgan fingerprint density at radius 1 is 1.00 bits per heavy atom. The van der Waals surface area contributed by atoms with Crippen LogP contribution in [0.2, 0.25) is 0 Å². The second-order valence-electron chi connectivity index (χ2n) is 5.66. The van der Waals surface area contributed by atoms with Gasteiger partial charge in [0.15, 0.2) is 0 Å². The highest BCUT2D eigenvalue weighted by Crippen LogP contribution is 2.12. The first-order valence-electron chi connectivity index (χ1n) is 7.41. The fraction of sp³-hybridized carbons (Fsp3) is 0.857. The Kier molecular flexibility index (Phi) is 5.19. The summed E-state index contributed by atoms with van der Waals surface area (Å²) in [4.78, 5) is 30.1. The summed E-state index contributed by atoms with van der Waals surface area (Å²) in [7, 11) is 2.07. The Morgan fingerprint density at radius 2 is 1.68 bits per heavy atom. The van der Waals surface area contributed by atoms with E-state index in [9.17, 15) is 9.59 Å². The van der Waals surface area contributed by atoms with Gasteiger partial charge in [-0.2, -0.15) is 0 Å². The Labute approximate surface area is 115 Å². The maximum absolute atomic E-state index is 12.2. The van der Waals surface area contributed by atoms with E-state index in [-0.39, 0.29) is 18.4 Å². The van der Waals surface area contributed by atoms with Gasteiger partial charge in [0.1, 0.15) is 0 Å². The zero-order valence-corrected chi connectivity index (χ0v) is 11.9. The van der Waals surface area contributed by atoms with Crippen molar-refractivity contribution in [2.24, 2.45) is 0 Å². The topological polar surface area (TPSA) is 43.9 Å². The molecule has 2 aliphatic rings. The van der Waals surface area contributed by atoms with Crippen molar-refractivity contribution in [1.29, 1.82) is 0 Å². The largest absolute Gasteiger partial charge is 0.339 e. The fourth-order valence-corrected chi connectivity index (χ4v) is 2.70. The van der Waals surface area contributed by atoms with Gasteiger partial charge in [-0.1, -0.05) is 12.8 Å². The molecule has 0 N–H and O–H groups in total. The lowest BCUT2D eigenvalue weighted by atomic mass is 10.1. The number of carbonyl (C=O) groups is 2. The van der Waals surface area contributed by atoms with Crippen molar-refractivity contribution in [3.8, 4) is 0 Å². The van der Waals surface area contributed by atoms with Gasteiger partial charge >= 0.3 is 0 Å². The number of piperazine rings is 1. The van der Waals surface area contributed by atoms with Crippen LogP contribution in [0.5, 0.6) is 0 Å². The Balaban J connectivity index is 1.84. The molecule has 0 radical (unpaired) electrons. The lowest BCUT2D eigenvalue weighted by Crippen LogP contribution is -2.51. The average molecular weight is 267 g/mol. The summed E-state index contributed by atoms with van der Waals surface area (Å²) in [6.07, 6.45) is 4.92. The number of carbonyl (C=O) groups excluding carboxylic acids is 2. The zero-order valence-electron chi connectivity index (χ0n) is 11.9. The molecule has 0 saturated carbocycles. The first kappa shape index (κ1) is 14.3. The van der Waals surface area contributed by atoms with E-state index in [0.717, 1.165) is 52.0 Å². The van der Waals surface area contributed by atoms with Gasteiger partial charge in [-0.3, -0.25) is 9.59 Å². The van der Waals surface area contributed by atoms with Crippen molar-refractivity contribution in [1.82, 2.24) is 14.7 Å². The zero-order chi connectivity index (χ0) is 13.7. The van der Waals surface area contributed by atoms with Gasteiger partial charge in [-0.05, 0) is 19.9 Å². The molecule has 0 aromatic rings. The third-order valence-corrected chi connectivity index (χ3v) is 4.10. The molecule has 5 heteroatoms. The second-order valence-corrected chi connectivity index (χ2v) is 5.66. The van der Waals surface area contributed by atoms with Gasteiger partial charge in [0.05, 0.1) is 6.54 Å². The minimum Gasteiger partial charge on any atom is -0.339 e. The molecule has 2 heterocycles. The lowest BCUT2D eigenvalue weighted by molar-refractivity contribution is -0.141. The third kappa shape index (κ3) is 4.20. The van der Waals surface area contributed by atoms with Crippen LogP contribution in [0.1, 0.15) is 32.1 Å². The minimum absolute atomic E-state index is 0.113. The quantitative estimate of drug-likeness (QED) is 0.734. The van der Waals surface area contributed by atoms with Crippen molar-refractivity contribution in [2.75, 3.05) is 46.3 Å². The van der Waals surface area contributed by atoms with Gasteiger partial charge in [-0.15, -0.1) is 0 Å². The minimum atomic E-state index is 0.113. The smallest absolute Gasteiger partial charge is 0.242 e. The molecule has 19 heavy (non-hydrogen) atoms. The predicted molar refractivity (Wildman–Crippen MR) is 73.7 cm³/mol. The SMILES string of the molecule is CN1CCN(C(=O)CN2CCCCCCC2=O)CC1. The van der Waals surface area contributed by atoms with Gasteiger partial charge in [0.2, 0.25) is 11.8 Å². The molecular weight excluding hydrogens is 242 g/mol. The predicted octanol–water partition coefficient (Wildman–Crippen LogP) is 0.553. The molecule has 5 nitrogen and oxygen atoms in total. The van der Waals surface area contributed by atoms with Crippen LogP contribution < -0.4 is 0 Å². The van der Waals surface area contributed by atoms with E-state index in [0.29, 0.717) is 6.42 Å². The molecule has 108 valence electrons. The van der Waals surface area contributed by atoms with Crippen LogP contribution in [0.25, 0.3) is 0 Å². The van der Waals surface area contributed by atoms with Crippen molar-refractivity contribution in [2.45, 2.75) is 32.1 Å². The lowest BCUT2D eigenvalue weighted by Gasteiger charge is -2.34. The average Bonchev–Trinajstić information content (AvgIpc) is 2.39. The van der Waals surface area contributed by atoms with Crippen LogP contribution >= 0.6 is 0 Å². The number of nitrogens with zero attached hydrogens (tertiary/aromatic N) is 3. The van der Waals surface area contributed by atoms with E-state index in [2.05, 4.69) is 11.9 Å². The summed E-state index contributed by atoms with van der Waals surface area (Å²) in [5.74, 6) is 0.268. The van der Waals surface area contributed by atoms with E-state index < -0.39 is 0 Å². The highest BCUT2D eigenvalue weighted by atomic mass is 16.2. The molecular formula is C14H25N3O2. The molecule has 2 rings (SSSR count). The summed E-state index contributed by atoms with van der Waals surface area (Å²) in [5.41, 5.74) is 0. The molecule has 0 bridgehead atoms. The van der Waals surface area contributed by atoms with E-state index in [1.165, 1.54) is 6.42 Å². The van der Waals surface area contributed by atoms with E-state index >= 15 is 0 Å². The summed E-state index contributed by atoms with van der Waals surface area (Å²) >= 11 is 0. The number of hydrogen-bond acceptors (Lipinski definition) is 3. The van der Waals surface area contributed by atoms with Crippen molar-refractivity contribution in [3.05, 3.63) is 0 Å². The number of amides is 2. The monoisotopic (exact) mass is 267 g/mol. The molecule has 0 aliphatic carbocycles. The first-order valence-corrected chi connectivity index (χ1v) is 7.41. The molecule has 0 unspecified atom stereocenters. The molecule has 0 spiro atoms. The van der Waals surface area contributed by atoms with E-state index in [1.54, 1.807) is 4.90 Å². The third-order valence-electron chi connectivity index (χ3n) is 4.10. The number of rotatable bonds is 2. The van der Waals surface area contributed by atoms with Gasteiger partial charge in [-0.25, -0.2) is 0 Å². The Hall–Kier alpha value is -1.10. The molecule has 2 amide bonds. The Bertz CT molecular complexity index is 325. The molecule has 2 fully saturated rings. The van der Waals surface area contributed by atoms with Crippen LogP contribution in [0.3, 0.4) is 0 Å². The highest BCUT2D eigenvalue weighted by Gasteiger charge is 2.23. The summed E-state index contributed by atoms with van der Waals surface area (Å²) < 4.78 is 0. The molecule has 2 aliphatic heterocycles. The standard InChI is InChI=1S/C14H25N3O2/c1-15-8-10-16(11-9-15)14(19)12-17-7-5-3-2-4-6-13(17)18/h2-12H2,1H3. The highest BCUT2D eigenvalue weighted by molar-refractivity contribution is 5.85. The van der Waals surface area contributed by atoms with Crippen LogP contribution in [0, 0.1) is 0 Å². The molecule has 0 aromatic carbocycles. The second kappa shape index (κ2) is 6.89. The molecule has 2 saturated heterocycles. The number of likely N-dealkylation sites (tertiary alicyclic amines) is 1. The molecule has 0 aromatic heterocycles. The van der Waals surface area contributed by atoms with Crippen molar-refractivity contribution in [3.63, 3.8) is 0 Å².